The van der Waals surface area contributed by atoms with Crippen molar-refractivity contribution in [3.8, 4) is 22.9 Å². The minimum absolute atomic E-state index is 0.0891. The van der Waals surface area contributed by atoms with Crippen molar-refractivity contribution in [2.45, 2.75) is 6.36 Å². The Kier molecular flexibility index (Phi) is 4.05. The molecule has 0 radical (unpaired) electrons. The third kappa shape index (κ3) is 3.64. The molecule has 21 heavy (non-hydrogen) atoms. The number of rotatable bonds is 2. The van der Waals surface area contributed by atoms with Crippen molar-refractivity contribution in [1.29, 1.82) is 5.26 Å². The summed E-state index contributed by atoms with van der Waals surface area (Å²) < 4.78 is 53.9. The number of benzene rings is 2. The van der Waals surface area contributed by atoms with Crippen LogP contribution in [0.25, 0.3) is 11.1 Å². The van der Waals surface area contributed by atoms with E-state index in [1.807, 2.05) is 6.07 Å². The first-order valence-electron chi connectivity index (χ1n) is 5.55. The van der Waals surface area contributed by atoms with Crippen molar-refractivity contribution in [1.82, 2.24) is 0 Å². The van der Waals surface area contributed by atoms with E-state index < -0.39 is 17.9 Å². The predicted molar refractivity (Wildman–Crippen MR) is 68.2 cm³/mol. The van der Waals surface area contributed by atoms with Crippen LogP contribution in [0.3, 0.4) is 0 Å². The Morgan fingerprint density at radius 1 is 1.10 bits per heavy atom. The van der Waals surface area contributed by atoms with Gasteiger partial charge in [0.15, 0.2) is 0 Å². The first-order chi connectivity index (χ1) is 9.80. The van der Waals surface area contributed by atoms with Gasteiger partial charge < -0.3 is 4.74 Å². The van der Waals surface area contributed by atoms with Crippen molar-refractivity contribution >= 4 is 11.6 Å². The van der Waals surface area contributed by atoms with Crippen LogP contribution < -0.4 is 4.74 Å². The summed E-state index contributed by atoms with van der Waals surface area (Å²) in [6.07, 6.45) is -4.85. The van der Waals surface area contributed by atoms with Gasteiger partial charge in [-0.25, -0.2) is 4.39 Å². The van der Waals surface area contributed by atoms with Crippen LogP contribution in [0, 0.1) is 17.1 Å². The number of alkyl halides is 3. The van der Waals surface area contributed by atoms with Crippen LogP contribution in [0.5, 0.6) is 5.75 Å². The Morgan fingerprint density at radius 3 is 2.38 bits per heavy atom. The molecule has 0 spiro atoms. The van der Waals surface area contributed by atoms with Crippen LogP contribution in [0.15, 0.2) is 36.4 Å². The zero-order chi connectivity index (χ0) is 15.6. The Hall–Kier alpha value is -2.26. The largest absolute Gasteiger partial charge is 0.573 e. The Bertz CT molecular complexity index is 722. The average Bonchev–Trinajstić information content (AvgIpc) is 2.40. The second-order valence-corrected chi connectivity index (χ2v) is 4.40. The second-order valence-electron chi connectivity index (χ2n) is 4.00. The molecule has 0 aromatic heterocycles. The maximum atomic E-state index is 13.4. The zero-order valence-corrected chi connectivity index (χ0v) is 11.0. The maximum absolute atomic E-state index is 13.4. The van der Waals surface area contributed by atoms with Gasteiger partial charge in [0.1, 0.15) is 11.6 Å². The van der Waals surface area contributed by atoms with Crippen molar-refractivity contribution in [3.05, 3.63) is 52.8 Å². The van der Waals surface area contributed by atoms with Crippen LogP contribution in [0.2, 0.25) is 5.02 Å². The van der Waals surface area contributed by atoms with E-state index in [1.165, 1.54) is 18.2 Å². The summed E-state index contributed by atoms with van der Waals surface area (Å²) in [7, 11) is 0. The Balaban J connectivity index is 2.52. The third-order valence-electron chi connectivity index (χ3n) is 2.58. The number of nitrogens with zero attached hydrogens (tertiary/aromatic N) is 1. The van der Waals surface area contributed by atoms with Crippen molar-refractivity contribution < 1.29 is 22.3 Å². The van der Waals surface area contributed by atoms with Gasteiger partial charge in [0.25, 0.3) is 0 Å². The van der Waals surface area contributed by atoms with E-state index in [0.29, 0.717) is 0 Å². The molecule has 0 fully saturated rings. The molecule has 0 saturated carbocycles. The normalized spacial score (nSPS) is 11.0. The van der Waals surface area contributed by atoms with Crippen molar-refractivity contribution in [2.75, 3.05) is 0 Å². The molecular weight excluding hydrogens is 310 g/mol. The number of hydrogen-bond donors (Lipinski definition) is 0. The van der Waals surface area contributed by atoms with Crippen LogP contribution in [0.1, 0.15) is 5.56 Å². The van der Waals surface area contributed by atoms with Gasteiger partial charge in [0, 0.05) is 5.56 Å². The van der Waals surface area contributed by atoms with Crippen LogP contribution >= 0.6 is 11.6 Å². The molecule has 0 unspecified atom stereocenters. The Labute approximate surface area is 122 Å². The molecule has 2 aromatic carbocycles. The topological polar surface area (TPSA) is 33.0 Å². The number of halogens is 5. The van der Waals surface area contributed by atoms with E-state index >= 15 is 0 Å². The molecule has 0 atom stereocenters. The summed E-state index contributed by atoms with van der Waals surface area (Å²) in [6, 6.07) is 8.73. The van der Waals surface area contributed by atoms with Crippen molar-refractivity contribution in [3.63, 3.8) is 0 Å². The lowest BCUT2D eigenvalue weighted by atomic mass is 10.00. The van der Waals surface area contributed by atoms with Crippen LogP contribution in [-0.2, 0) is 0 Å². The maximum Gasteiger partial charge on any atom is 0.573 e. The summed E-state index contributed by atoms with van der Waals surface area (Å²) >= 11 is 5.55. The summed E-state index contributed by atoms with van der Waals surface area (Å²) in [4.78, 5) is 0. The molecule has 2 rings (SSSR count). The fourth-order valence-corrected chi connectivity index (χ4v) is 1.84. The minimum atomic E-state index is -4.85. The summed E-state index contributed by atoms with van der Waals surface area (Å²) in [5.74, 6) is -1.23. The number of nitriles is 1. The molecule has 0 bridgehead atoms. The molecule has 0 aliphatic rings. The average molecular weight is 316 g/mol. The van der Waals surface area contributed by atoms with E-state index in [1.54, 1.807) is 0 Å². The molecular formula is C14H6ClF4NO. The van der Waals surface area contributed by atoms with Crippen molar-refractivity contribution in [2.24, 2.45) is 0 Å². The van der Waals surface area contributed by atoms with E-state index in [-0.39, 0.29) is 21.7 Å². The summed E-state index contributed by atoms with van der Waals surface area (Å²) in [5, 5.41) is 8.87. The SMILES string of the molecule is N#Cc1ccc(OC(F)(F)F)cc1-c1ccc(Cl)c(F)c1. The van der Waals surface area contributed by atoms with E-state index in [2.05, 4.69) is 4.74 Å². The molecule has 0 aliphatic heterocycles. The van der Waals surface area contributed by atoms with Gasteiger partial charge in [-0.2, -0.15) is 5.26 Å². The van der Waals surface area contributed by atoms with Gasteiger partial charge in [-0.3, -0.25) is 0 Å². The number of ether oxygens (including phenoxy) is 1. The molecule has 0 N–H and O–H groups in total. The smallest absolute Gasteiger partial charge is 0.406 e. The van der Waals surface area contributed by atoms with E-state index in [4.69, 9.17) is 16.9 Å². The standard InChI is InChI=1S/C14H6ClF4NO/c15-12-4-2-8(5-13(12)16)11-6-10(21-14(17,18)19)3-1-9(11)7-20/h1-6H. The van der Waals surface area contributed by atoms with Crippen LogP contribution in [0.4, 0.5) is 17.6 Å². The lowest BCUT2D eigenvalue weighted by molar-refractivity contribution is -0.274. The molecule has 0 heterocycles. The highest BCUT2D eigenvalue weighted by Crippen LogP contribution is 2.32. The zero-order valence-electron chi connectivity index (χ0n) is 10.2. The first kappa shape index (κ1) is 15.1. The Morgan fingerprint density at radius 2 is 1.81 bits per heavy atom. The fraction of sp³-hybridized carbons (Fsp3) is 0.0714. The highest BCUT2D eigenvalue weighted by Gasteiger charge is 2.31. The monoisotopic (exact) mass is 315 g/mol. The molecule has 7 heteroatoms. The molecule has 108 valence electrons. The molecule has 0 saturated heterocycles. The molecule has 2 aromatic rings. The summed E-state index contributed by atoms with van der Waals surface area (Å²) in [6.45, 7) is 0. The highest BCUT2D eigenvalue weighted by molar-refractivity contribution is 6.30. The van der Waals surface area contributed by atoms with E-state index in [0.717, 1.165) is 18.2 Å². The second kappa shape index (κ2) is 5.62. The highest BCUT2D eigenvalue weighted by atomic mass is 35.5. The van der Waals surface area contributed by atoms with Gasteiger partial charge in [-0.05, 0) is 35.9 Å². The number of hydrogen-bond acceptors (Lipinski definition) is 2. The predicted octanol–water partition coefficient (Wildman–Crippen LogP) is 4.92. The quantitative estimate of drug-likeness (QED) is 0.737. The lowest BCUT2D eigenvalue weighted by Gasteiger charge is -2.11. The van der Waals surface area contributed by atoms with E-state index in [9.17, 15) is 17.6 Å². The minimum Gasteiger partial charge on any atom is -0.406 e. The first-order valence-corrected chi connectivity index (χ1v) is 5.93. The molecule has 0 amide bonds. The molecule has 2 nitrogen and oxygen atoms in total. The van der Waals surface area contributed by atoms with Gasteiger partial charge in [-0.15, -0.1) is 13.2 Å². The summed E-state index contributed by atoms with van der Waals surface area (Å²) in [5.41, 5.74) is 0.433. The lowest BCUT2D eigenvalue weighted by Crippen LogP contribution is -2.17. The third-order valence-corrected chi connectivity index (χ3v) is 2.88. The van der Waals surface area contributed by atoms with Crippen LogP contribution in [-0.4, -0.2) is 6.36 Å². The fourth-order valence-electron chi connectivity index (χ4n) is 1.72. The van der Waals surface area contributed by atoms with Gasteiger partial charge >= 0.3 is 6.36 Å². The van der Waals surface area contributed by atoms with Gasteiger partial charge in [-0.1, -0.05) is 17.7 Å². The van der Waals surface area contributed by atoms with Gasteiger partial charge in [0.2, 0.25) is 0 Å². The molecule has 0 aliphatic carbocycles. The van der Waals surface area contributed by atoms with Gasteiger partial charge in [0.05, 0.1) is 16.7 Å².